The minimum Gasteiger partial charge on any atom is -0.350 e. The molecule has 0 atom stereocenters. The first kappa shape index (κ1) is 21.3. The summed E-state index contributed by atoms with van der Waals surface area (Å²) >= 11 is 0. The average Bonchev–Trinajstić information content (AvgIpc) is 2.70. The van der Waals surface area contributed by atoms with Gasteiger partial charge < -0.3 is 5.32 Å². The monoisotopic (exact) mass is 369 g/mol. The van der Waals surface area contributed by atoms with Gasteiger partial charge in [0.05, 0.1) is 36.2 Å². The first-order chi connectivity index (χ1) is 13.3. The van der Waals surface area contributed by atoms with Crippen molar-refractivity contribution in [1.82, 2.24) is 19.9 Å². The number of aryl methyl sites for hydroxylation is 2. The summed E-state index contributed by atoms with van der Waals surface area (Å²) < 4.78 is 0. The molecule has 1 N–H and O–H groups in total. The number of hydrogen-bond acceptors (Lipinski definition) is 5. The van der Waals surface area contributed by atoms with Crippen molar-refractivity contribution in [3.05, 3.63) is 36.4 Å². The molecule has 148 valence electrons. The van der Waals surface area contributed by atoms with E-state index in [2.05, 4.69) is 39.1 Å². The second-order valence-electron chi connectivity index (χ2n) is 7.23. The molecule has 5 heteroatoms. The second kappa shape index (κ2) is 13.2. The molecule has 2 rings (SSSR count). The van der Waals surface area contributed by atoms with Gasteiger partial charge in [-0.2, -0.15) is 0 Å². The van der Waals surface area contributed by atoms with Crippen molar-refractivity contribution in [2.24, 2.45) is 0 Å². The van der Waals surface area contributed by atoms with Crippen LogP contribution in [0.15, 0.2) is 24.8 Å². The van der Waals surface area contributed by atoms with E-state index in [9.17, 15) is 0 Å². The lowest BCUT2D eigenvalue weighted by Crippen LogP contribution is -2.00. The molecule has 0 spiro atoms. The number of nitrogens with zero attached hydrogens (tertiary/aromatic N) is 4. The van der Waals surface area contributed by atoms with Gasteiger partial charge in [0.25, 0.3) is 0 Å². The summed E-state index contributed by atoms with van der Waals surface area (Å²) in [6.07, 6.45) is 22.0. The Morgan fingerprint density at radius 2 is 0.926 bits per heavy atom. The molecular weight excluding hydrogens is 334 g/mol. The van der Waals surface area contributed by atoms with Crippen LogP contribution in [-0.4, -0.2) is 19.9 Å². The molecule has 0 saturated heterocycles. The van der Waals surface area contributed by atoms with Crippen molar-refractivity contribution >= 4 is 11.4 Å². The van der Waals surface area contributed by atoms with Crippen molar-refractivity contribution < 1.29 is 0 Å². The zero-order valence-electron chi connectivity index (χ0n) is 17.1. The van der Waals surface area contributed by atoms with Crippen LogP contribution < -0.4 is 5.32 Å². The molecule has 2 aromatic rings. The van der Waals surface area contributed by atoms with E-state index in [4.69, 9.17) is 0 Å². The lowest BCUT2D eigenvalue weighted by atomic mass is 10.1. The van der Waals surface area contributed by atoms with Crippen molar-refractivity contribution in [3.8, 4) is 0 Å². The van der Waals surface area contributed by atoms with Crippen molar-refractivity contribution in [2.45, 2.75) is 90.9 Å². The molecule has 0 bridgehead atoms. The molecule has 0 unspecified atom stereocenters. The first-order valence-corrected chi connectivity index (χ1v) is 10.7. The van der Waals surface area contributed by atoms with Gasteiger partial charge in [0, 0.05) is 12.8 Å². The number of rotatable bonds is 14. The van der Waals surface area contributed by atoms with Crippen LogP contribution in [-0.2, 0) is 12.8 Å². The van der Waals surface area contributed by atoms with Crippen LogP contribution in [0.3, 0.4) is 0 Å². The first-order valence-electron chi connectivity index (χ1n) is 10.7. The predicted molar refractivity (Wildman–Crippen MR) is 112 cm³/mol. The summed E-state index contributed by atoms with van der Waals surface area (Å²) in [5.74, 6) is 1.85. The summed E-state index contributed by atoms with van der Waals surface area (Å²) in [7, 11) is 0. The van der Waals surface area contributed by atoms with Gasteiger partial charge in [-0.3, -0.25) is 0 Å². The van der Waals surface area contributed by atoms with Crippen LogP contribution in [0.4, 0.5) is 11.4 Å². The number of anilines is 2. The summed E-state index contributed by atoms with van der Waals surface area (Å²) in [6.45, 7) is 4.48. The van der Waals surface area contributed by atoms with E-state index in [0.29, 0.717) is 0 Å². The summed E-state index contributed by atoms with van der Waals surface area (Å²) in [4.78, 5) is 17.8. The Balaban J connectivity index is 1.71. The van der Waals surface area contributed by atoms with Gasteiger partial charge in [-0.25, -0.2) is 19.9 Å². The van der Waals surface area contributed by atoms with E-state index in [-0.39, 0.29) is 0 Å². The fourth-order valence-electron chi connectivity index (χ4n) is 3.04. The maximum atomic E-state index is 4.46. The van der Waals surface area contributed by atoms with Gasteiger partial charge >= 0.3 is 0 Å². The smallest absolute Gasteiger partial charge is 0.128 e. The van der Waals surface area contributed by atoms with E-state index >= 15 is 0 Å². The molecule has 0 fully saturated rings. The molecule has 0 aliphatic rings. The maximum Gasteiger partial charge on any atom is 0.128 e. The Kier molecular flexibility index (Phi) is 10.4. The molecule has 5 nitrogen and oxygen atoms in total. The summed E-state index contributed by atoms with van der Waals surface area (Å²) in [6, 6.07) is 0. The molecule has 0 aliphatic carbocycles. The zero-order chi connectivity index (χ0) is 19.2. The van der Waals surface area contributed by atoms with Gasteiger partial charge in [-0.05, 0) is 12.8 Å². The Hall–Kier alpha value is -2.04. The van der Waals surface area contributed by atoms with Crippen LogP contribution in [0.25, 0.3) is 0 Å². The molecule has 0 aromatic carbocycles. The van der Waals surface area contributed by atoms with Crippen molar-refractivity contribution in [3.63, 3.8) is 0 Å². The van der Waals surface area contributed by atoms with Crippen molar-refractivity contribution in [1.29, 1.82) is 0 Å². The topological polar surface area (TPSA) is 63.6 Å². The quantitative estimate of drug-likeness (QED) is 0.411. The third-order valence-electron chi connectivity index (χ3n) is 4.71. The van der Waals surface area contributed by atoms with Gasteiger partial charge in [0.2, 0.25) is 0 Å². The fraction of sp³-hybridized carbons (Fsp3) is 0.636. The lowest BCUT2D eigenvalue weighted by Gasteiger charge is -2.07. The largest absolute Gasteiger partial charge is 0.350 e. The maximum absolute atomic E-state index is 4.46. The Bertz CT molecular complexity index is 554. The Morgan fingerprint density at radius 3 is 1.30 bits per heavy atom. The highest BCUT2D eigenvalue weighted by molar-refractivity contribution is 5.55. The normalized spacial score (nSPS) is 10.9. The van der Waals surface area contributed by atoms with E-state index < -0.39 is 0 Å². The highest BCUT2D eigenvalue weighted by Gasteiger charge is 2.02. The van der Waals surface area contributed by atoms with Crippen molar-refractivity contribution in [2.75, 3.05) is 5.32 Å². The summed E-state index contributed by atoms with van der Waals surface area (Å²) in [5.41, 5.74) is 1.75. The van der Waals surface area contributed by atoms with Crippen LogP contribution in [0.5, 0.6) is 0 Å². The Morgan fingerprint density at radius 1 is 0.556 bits per heavy atom. The molecule has 0 radical (unpaired) electrons. The van der Waals surface area contributed by atoms with E-state index in [1.807, 2.05) is 24.8 Å². The van der Waals surface area contributed by atoms with Gasteiger partial charge in [0.15, 0.2) is 0 Å². The van der Waals surface area contributed by atoms with E-state index in [1.165, 1.54) is 64.2 Å². The van der Waals surface area contributed by atoms with E-state index in [0.717, 1.165) is 35.9 Å². The number of unbranched alkanes of at least 4 members (excludes halogenated alkanes) is 8. The summed E-state index contributed by atoms with van der Waals surface area (Å²) in [5, 5.41) is 3.28. The Labute approximate surface area is 164 Å². The van der Waals surface area contributed by atoms with Crippen LogP contribution in [0.2, 0.25) is 0 Å². The number of aromatic nitrogens is 4. The molecule has 0 amide bonds. The zero-order valence-corrected chi connectivity index (χ0v) is 17.1. The van der Waals surface area contributed by atoms with Crippen LogP contribution >= 0.6 is 0 Å². The van der Waals surface area contributed by atoms with Crippen LogP contribution in [0, 0.1) is 0 Å². The molecular formula is C22H35N5. The SMILES string of the molecule is CCCCCCCc1ncc(Nc2cnc(CCCCCCC)nc2)cn1. The molecule has 2 aromatic heterocycles. The second-order valence-corrected chi connectivity index (χ2v) is 7.23. The van der Waals surface area contributed by atoms with Gasteiger partial charge in [-0.1, -0.05) is 65.2 Å². The highest BCUT2D eigenvalue weighted by Crippen LogP contribution is 2.14. The fourth-order valence-corrected chi connectivity index (χ4v) is 3.04. The third kappa shape index (κ3) is 8.94. The highest BCUT2D eigenvalue weighted by atomic mass is 15.0. The average molecular weight is 370 g/mol. The van der Waals surface area contributed by atoms with Gasteiger partial charge in [0.1, 0.15) is 11.6 Å². The standard InChI is InChI=1S/C22H35N5/c1-3-5-7-9-11-13-21-23-15-19(16-24-21)27-20-17-25-22(26-18-20)14-12-10-8-6-4-2/h15-18,27H,3-14H2,1-2H3. The molecule has 0 saturated carbocycles. The number of nitrogens with one attached hydrogen (secondary N) is 1. The van der Waals surface area contributed by atoms with Gasteiger partial charge in [-0.15, -0.1) is 0 Å². The minimum absolute atomic E-state index is 0.876. The third-order valence-corrected chi connectivity index (χ3v) is 4.71. The molecule has 2 heterocycles. The number of hydrogen-bond donors (Lipinski definition) is 1. The molecule has 0 aliphatic heterocycles. The lowest BCUT2D eigenvalue weighted by molar-refractivity contribution is 0.622. The van der Waals surface area contributed by atoms with Crippen LogP contribution in [0.1, 0.15) is 89.7 Å². The van der Waals surface area contributed by atoms with E-state index in [1.54, 1.807) is 0 Å². The predicted octanol–water partition coefficient (Wildman–Crippen LogP) is 6.04. The minimum atomic E-state index is 0.876. The molecule has 27 heavy (non-hydrogen) atoms.